The van der Waals surface area contributed by atoms with E-state index in [4.69, 9.17) is 0 Å². The second-order valence-electron chi connectivity index (χ2n) is 9.42. The van der Waals surface area contributed by atoms with Crippen molar-refractivity contribution in [2.24, 2.45) is 11.8 Å². The third-order valence-electron chi connectivity index (χ3n) is 7.74. The van der Waals surface area contributed by atoms with Gasteiger partial charge in [0.15, 0.2) is 0 Å². The zero-order chi connectivity index (χ0) is 23.2. The highest BCUT2D eigenvalue weighted by Gasteiger charge is 2.74. The van der Waals surface area contributed by atoms with Crippen LogP contribution in [0.1, 0.15) is 29.5 Å². The predicted molar refractivity (Wildman–Crippen MR) is 119 cm³/mol. The molecule has 4 aliphatic rings. The first-order valence-electron chi connectivity index (χ1n) is 11.1. The standard InChI is InChI=1S/C24H22N4O5/c1-12-9-13(2)20-16(10-12)24(23(31)25-20)19-18(17-7-4-8-26(17)24)21(29)27(22(19)30)14-5-3-6-15(11-14)28(32)33/h3,5-6,9-11,17-19H,4,7-8H2,1-2H3,(H,25,31)/t17-,18-,19-,24+/m0/s1. The molecule has 4 heterocycles. The van der Waals surface area contributed by atoms with Crippen LogP contribution in [0.2, 0.25) is 0 Å². The Hall–Kier alpha value is -3.59. The lowest BCUT2D eigenvalue weighted by Gasteiger charge is -2.36. The fraction of sp³-hybridized carbons (Fsp3) is 0.375. The van der Waals surface area contributed by atoms with E-state index in [0.717, 1.165) is 34.4 Å². The van der Waals surface area contributed by atoms with E-state index in [1.165, 1.54) is 24.3 Å². The topological polar surface area (TPSA) is 113 Å². The molecule has 0 aliphatic carbocycles. The molecule has 4 aliphatic heterocycles. The Morgan fingerprint density at radius 1 is 1.12 bits per heavy atom. The molecule has 4 atom stereocenters. The van der Waals surface area contributed by atoms with E-state index in [1.54, 1.807) is 0 Å². The van der Waals surface area contributed by atoms with Gasteiger partial charge in [0.2, 0.25) is 17.7 Å². The summed E-state index contributed by atoms with van der Waals surface area (Å²) in [5.74, 6) is -2.67. The molecule has 2 aromatic rings. The highest BCUT2D eigenvalue weighted by atomic mass is 16.6. The van der Waals surface area contributed by atoms with E-state index in [1.807, 2.05) is 26.0 Å². The van der Waals surface area contributed by atoms with Gasteiger partial charge in [0.1, 0.15) is 5.54 Å². The predicted octanol–water partition coefficient (Wildman–Crippen LogP) is 2.64. The summed E-state index contributed by atoms with van der Waals surface area (Å²) in [7, 11) is 0. The monoisotopic (exact) mass is 446 g/mol. The maximum atomic E-state index is 13.9. The second kappa shape index (κ2) is 6.48. The highest BCUT2D eigenvalue weighted by Crippen LogP contribution is 2.61. The van der Waals surface area contributed by atoms with Crippen LogP contribution in [0, 0.1) is 35.8 Å². The summed E-state index contributed by atoms with van der Waals surface area (Å²) < 4.78 is 0. The van der Waals surface area contributed by atoms with E-state index >= 15 is 0 Å². The number of nitro groups is 1. The molecule has 3 saturated heterocycles. The molecule has 2 aromatic carbocycles. The molecular formula is C24H22N4O5. The van der Waals surface area contributed by atoms with Crippen molar-refractivity contribution in [1.82, 2.24) is 4.90 Å². The van der Waals surface area contributed by atoms with Crippen LogP contribution in [0.5, 0.6) is 0 Å². The number of nitrogens with zero attached hydrogens (tertiary/aromatic N) is 3. The minimum Gasteiger partial charge on any atom is -0.324 e. The minimum absolute atomic E-state index is 0.173. The zero-order valence-corrected chi connectivity index (χ0v) is 18.2. The van der Waals surface area contributed by atoms with E-state index in [2.05, 4.69) is 10.2 Å². The van der Waals surface area contributed by atoms with Gasteiger partial charge in [-0.2, -0.15) is 0 Å². The van der Waals surface area contributed by atoms with Gasteiger partial charge in [-0.05, 0) is 44.9 Å². The molecule has 0 radical (unpaired) electrons. The van der Waals surface area contributed by atoms with Crippen LogP contribution in [0.4, 0.5) is 17.1 Å². The number of nitro benzene ring substituents is 1. The Kier molecular flexibility index (Phi) is 3.93. The summed E-state index contributed by atoms with van der Waals surface area (Å²) in [4.78, 5) is 55.2. The van der Waals surface area contributed by atoms with Gasteiger partial charge < -0.3 is 5.32 Å². The number of amides is 3. The van der Waals surface area contributed by atoms with Crippen LogP contribution in [-0.2, 0) is 19.9 Å². The zero-order valence-electron chi connectivity index (χ0n) is 18.2. The summed E-state index contributed by atoms with van der Waals surface area (Å²) in [5, 5.41) is 14.3. The summed E-state index contributed by atoms with van der Waals surface area (Å²) in [6.45, 7) is 4.51. The maximum absolute atomic E-state index is 13.9. The number of carbonyl (C=O) groups excluding carboxylic acids is 3. The molecule has 0 saturated carbocycles. The van der Waals surface area contributed by atoms with Crippen molar-refractivity contribution in [3.8, 4) is 0 Å². The molecule has 9 nitrogen and oxygen atoms in total. The van der Waals surface area contributed by atoms with Gasteiger partial charge in [0.25, 0.3) is 5.69 Å². The average molecular weight is 446 g/mol. The van der Waals surface area contributed by atoms with Gasteiger partial charge in [0.05, 0.1) is 22.4 Å². The lowest BCUT2D eigenvalue weighted by Crippen LogP contribution is -2.54. The van der Waals surface area contributed by atoms with Gasteiger partial charge in [0, 0.05) is 29.4 Å². The molecule has 0 bridgehead atoms. The Labute approximate surface area is 189 Å². The summed E-state index contributed by atoms with van der Waals surface area (Å²) in [6, 6.07) is 9.26. The van der Waals surface area contributed by atoms with Crippen LogP contribution in [0.25, 0.3) is 0 Å². The maximum Gasteiger partial charge on any atom is 0.271 e. The van der Waals surface area contributed by atoms with Crippen LogP contribution >= 0.6 is 0 Å². The van der Waals surface area contributed by atoms with Crippen molar-refractivity contribution in [3.05, 3.63) is 63.2 Å². The quantitative estimate of drug-likeness (QED) is 0.431. The van der Waals surface area contributed by atoms with E-state index in [-0.39, 0.29) is 29.2 Å². The smallest absolute Gasteiger partial charge is 0.271 e. The molecule has 33 heavy (non-hydrogen) atoms. The molecule has 3 amide bonds. The number of non-ortho nitro benzene ring substituents is 1. The summed E-state index contributed by atoms with van der Waals surface area (Å²) in [6.07, 6.45) is 1.56. The SMILES string of the molecule is Cc1cc(C)c2c(c1)[C@]1(C(=O)N2)[C@@H]2C(=O)N(c3cccc([N+](=O)[O-])c3)C(=O)[C@H]2[C@@H]2CCCN21. The average Bonchev–Trinajstić information content (AvgIpc) is 3.47. The Morgan fingerprint density at radius 3 is 2.67 bits per heavy atom. The molecule has 1 spiro atoms. The molecule has 9 heteroatoms. The van der Waals surface area contributed by atoms with E-state index in [9.17, 15) is 24.5 Å². The molecule has 3 fully saturated rings. The number of hydrogen-bond donors (Lipinski definition) is 1. The lowest BCUT2D eigenvalue weighted by atomic mass is 9.75. The van der Waals surface area contributed by atoms with Crippen molar-refractivity contribution >= 4 is 34.8 Å². The second-order valence-corrected chi connectivity index (χ2v) is 9.42. The normalized spacial score (nSPS) is 30.1. The molecule has 0 unspecified atom stereocenters. The number of benzene rings is 2. The largest absolute Gasteiger partial charge is 0.324 e. The third-order valence-corrected chi connectivity index (χ3v) is 7.74. The van der Waals surface area contributed by atoms with Crippen LogP contribution < -0.4 is 10.2 Å². The van der Waals surface area contributed by atoms with E-state index in [0.29, 0.717) is 12.2 Å². The van der Waals surface area contributed by atoms with Crippen molar-refractivity contribution in [1.29, 1.82) is 0 Å². The Bertz CT molecular complexity index is 1290. The fourth-order valence-electron chi connectivity index (χ4n) is 6.66. The van der Waals surface area contributed by atoms with Gasteiger partial charge in [-0.3, -0.25) is 29.4 Å². The van der Waals surface area contributed by atoms with Crippen molar-refractivity contribution in [3.63, 3.8) is 0 Å². The lowest BCUT2D eigenvalue weighted by molar-refractivity contribution is -0.384. The number of hydrogen-bond acceptors (Lipinski definition) is 6. The van der Waals surface area contributed by atoms with Gasteiger partial charge in [-0.1, -0.05) is 23.8 Å². The number of anilines is 2. The molecule has 168 valence electrons. The van der Waals surface area contributed by atoms with Crippen LogP contribution in [0.3, 0.4) is 0 Å². The Balaban J connectivity index is 1.55. The number of nitrogens with one attached hydrogen (secondary N) is 1. The number of imide groups is 1. The van der Waals surface area contributed by atoms with Crippen LogP contribution in [0.15, 0.2) is 36.4 Å². The highest BCUT2D eigenvalue weighted by molar-refractivity contribution is 6.26. The summed E-state index contributed by atoms with van der Waals surface area (Å²) >= 11 is 0. The van der Waals surface area contributed by atoms with Crippen LogP contribution in [-0.4, -0.2) is 40.1 Å². The molecule has 1 N–H and O–H groups in total. The summed E-state index contributed by atoms with van der Waals surface area (Å²) in [5.41, 5.74) is 2.10. The minimum atomic E-state index is -1.25. The third kappa shape index (κ3) is 2.32. The molecular weight excluding hydrogens is 424 g/mol. The van der Waals surface area contributed by atoms with Crippen molar-refractivity contribution in [2.45, 2.75) is 38.3 Å². The number of aryl methyl sites for hydroxylation is 2. The fourth-order valence-corrected chi connectivity index (χ4v) is 6.66. The molecule has 6 rings (SSSR count). The van der Waals surface area contributed by atoms with Gasteiger partial charge in [-0.15, -0.1) is 0 Å². The number of fused-ring (bicyclic) bond motifs is 7. The first kappa shape index (κ1) is 20.0. The van der Waals surface area contributed by atoms with E-state index < -0.39 is 28.2 Å². The first-order valence-corrected chi connectivity index (χ1v) is 11.1. The number of carbonyl (C=O) groups is 3. The first-order chi connectivity index (χ1) is 15.8. The van der Waals surface area contributed by atoms with Gasteiger partial charge in [-0.25, -0.2) is 4.90 Å². The van der Waals surface area contributed by atoms with Crippen molar-refractivity contribution in [2.75, 3.05) is 16.8 Å². The van der Waals surface area contributed by atoms with Gasteiger partial charge >= 0.3 is 0 Å². The Morgan fingerprint density at radius 2 is 1.91 bits per heavy atom. The molecule has 0 aromatic heterocycles. The van der Waals surface area contributed by atoms with Crippen molar-refractivity contribution < 1.29 is 19.3 Å². The number of rotatable bonds is 2.